The summed E-state index contributed by atoms with van der Waals surface area (Å²) in [5.41, 5.74) is 0. The molecule has 25 heavy (non-hydrogen) atoms. The Hall–Kier alpha value is -1.24. The Labute approximate surface area is 151 Å². The Morgan fingerprint density at radius 2 is 1.76 bits per heavy atom. The maximum Gasteiger partial charge on any atom is 0.225 e. The topological polar surface area (TPSA) is 38.7 Å². The molecule has 0 spiro atoms. The van der Waals surface area contributed by atoms with Crippen LogP contribution in [0.4, 0.5) is 5.95 Å². The maximum atomic E-state index is 4.38. The van der Waals surface area contributed by atoms with Gasteiger partial charge in [0.05, 0.1) is 0 Å². The highest BCUT2D eigenvalue weighted by Gasteiger charge is 2.34. The molecular weight excluding hydrogens is 312 g/mol. The van der Waals surface area contributed by atoms with Crippen LogP contribution in [-0.4, -0.2) is 96.2 Å². The van der Waals surface area contributed by atoms with Gasteiger partial charge in [0.2, 0.25) is 5.95 Å². The summed E-state index contributed by atoms with van der Waals surface area (Å²) < 4.78 is 0. The molecule has 3 aliphatic rings. The summed E-state index contributed by atoms with van der Waals surface area (Å²) in [6.07, 6.45) is 9.23. The molecule has 138 valence electrons. The van der Waals surface area contributed by atoms with Gasteiger partial charge in [-0.3, -0.25) is 4.90 Å². The summed E-state index contributed by atoms with van der Waals surface area (Å²) in [4.78, 5) is 19.0. The molecule has 1 aromatic heterocycles. The summed E-state index contributed by atoms with van der Waals surface area (Å²) in [5, 5.41) is 0. The molecule has 3 saturated heterocycles. The number of hydrogen-bond acceptors (Lipinski definition) is 6. The van der Waals surface area contributed by atoms with Crippen LogP contribution in [0.2, 0.25) is 0 Å². The van der Waals surface area contributed by atoms with Crippen molar-refractivity contribution in [3.05, 3.63) is 18.5 Å². The van der Waals surface area contributed by atoms with Gasteiger partial charge in [-0.25, -0.2) is 9.97 Å². The Balaban J connectivity index is 1.15. The second kappa shape index (κ2) is 7.98. The van der Waals surface area contributed by atoms with Crippen LogP contribution in [-0.2, 0) is 0 Å². The van der Waals surface area contributed by atoms with Crippen LogP contribution in [0.1, 0.15) is 25.7 Å². The van der Waals surface area contributed by atoms with Gasteiger partial charge in [-0.05, 0) is 45.5 Å². The van der Waals surface area contributed by atoms with Gasteiger partial charge in [-0.2, -0.15) is 0 Å². The van der Waals surface area contributed by atoms with Crippen molar-refractivity contribution in [3.63, 3.8) is 0 Å². The second-order valence-corrected chi connectivity index (χ2v) is 7.90. The SMILES string of the molecule is CN1CCCCC1CCN1CC(N2CCN(c3ncccn3)CC2)C1. The number of nitrogens with zero attached hydrogens (tertiary/aromatic N) is 6. The van der Waals surface area contributed by atoms with Gasteiger partial charge < -0.3 is 14.7 Å². The lowest BCUT2D eigenvalue weighted by Crippen LogP contribution is -2.63. The smallest absolute Gasteiger partial charge is 0.225 e. The number of aromatic nitrogens is 2. The summed E-state index contributed by atoms with van der Waals surface area (Å²) in [5.74, 6) is 0.883. The average Bonchev–Trinajstić information content (AvgIpc) is 2.63. The molecule has 6 nitrogen and oxygen atoms in total. The van der Waals surface area contributed by atoms with Crippen LogP contribution < -0.4 is 4.90 Å². The van der Waals surface area contributed by atoms with Crippen molar-refractivity contribution >= 4 is 5.95 Å². The number of piperidine rings is 1. The van der Waals surface area contributed by atoms with E-state index in [9.17, 15) is 0 Å². The van der Waals surface area contributed by atoms with Gasteiger partial charge >= 0.3 is 0 Å². The predicted octanol–water partition coefficient (Wildman–Crippen LogP) is 1.16. The maximum absolute atomic E-state index is 4.38. The van der Waals surface area contributed by atoms with Crippen LogP contribution in [0.3, 0.4) is 0 Å². The van der Waals surface area contributed by atoms with Crippen LogP contribution in [0.15, 0.2) is 18.5 Å². The van der Waals surface area contributed by atoms with E-state index in [2.05, 4.69) is 36.6 Å². The third-order valence-corrected chi connectivity index (χ3v) is 6.30. The van der Waals surface area contributed by atoms with Gasteiger partial charge in [-0.1, -0.05) is 6.42 Å². The molecular formula is C19H32N6. The number of rotatable bonds is 5. The van der Waals surface area contributed by atoms with E-state index in [0.717, 1.165) is 44.2 Å². The van der Waals surface area contributed by atoms with E-state index in [1.54, 1.807) is 0 Å². The molecule has 1 atom stereocenters. The summed E-state index contributed by atoms with van der Waals surface area (Å²) in [7, 11) is 2.30. The zero-order valence-corrected chi connectivity index (χ0v) is 15.6. The standard InChI is InChI=1S/C19H32N6/c1-22-9-3-2-5-17(22)6-10-23-15-18(16-23)24-11-13-25(14-12-24)19-20-7-4-8-21-19/h4,7-8,17-18H,2-3,5-6,9-16H2,1H3. The van der Waals surface area contributed by atoms with E-state index in [1.165, 1.54) is 51.9 Å². The molecule has 0 aliphatic carbocycles. The Bertz CT molecular complexity index is 524. The Kier molecular flexibility index (Phi) is 5.48. The molecule has 1 aromatic rings. The van der Waals surface area contributed by atoms with E-state index < -0.39 is 0 Å². The molecule has 0 bridgehead atoms. The monoisotopic (exact) mass is 344 g/mol. The van der Waals surface area contributed by atoms with Crippen molar-refractivity contribution in [2.45, 2.75) is 37.8 Å². The number of hydrogen-bond donors (Lipinski definition) is 0. The molecule has 3 fully saturated rings. The molecule has 0 radical (unpaired) electrons. The molecule has 0 saturated carbocycles. The number of anilines is 1. The molecule has 3 aliphatic heterocycles. The number of likely N-dealkylation sites (tertiary alicyclic amines) is 2. The lowest BCUT2D eigenvalue weighted by molar-refractivity contribution is 0.0234. The van der Waals surface area contributed by atoms with Crippen molar-refractivity contribution in [2.24, 2.45) is 0 Å². The first-order valence-corrected chi connectivity index (χ1v) is 9.98. The third kappa shape index (κ3) is 4.13. The minimum absolute atomic E-state index is 0.767. The third-order valence-electron chi connectivity index (χ3n) is 6.30. The predicted molar refractivity (Wildman–Crippen MR) is 101 cm³/mol. The summed E-state index contributed by atoms with van der Waals surface area (Å²) in [6, 6.07) is 3.47. The fourth-order valence-electron chi connectivity index (χ4n) is 4.54. The quantitative estimate of drug-likeness (QED) is 0.798. The number of piperazine rings is 1. The summed E-state index contributed by atoms with van der Waals surface area (Å²) >= 11 is 0. The summed E-state index contributed by atoms with van der Waals surface area (Å²) in [6.45, 7) is 9.48. The zero-order valence-electron chi connectivity index (χ0n) is 15.6. The average molecular weight is 345 g/mol. The first-order chi connectivity index (χ1) is 12.3. The largest absolute Gasteiger partial charge is 0.338 e. The van der Waals surface area contributed by atoms with Crippen LogP contribution in [0, 0.1) is 0 Å². The van der Waals surface area contributed by atoms with E-state index in [-0.39, 0.29) is 0 Å². The lowest BCUT2D eigenvalue weighted by atomic mass is 9.98. The molecule has 4 heterocycles. The first-order valence-electron chi connectivity index (χ1n) is 9.98. The fourth-order valence-corrected chi connectivity index (χ4v) is 4.54. The fraction of sp³-hybridized carbons (Fsp3) is 0.789. The van der Waals surface area contributed by atoms with Gasteiger partial charge in [0, 0.05) is 63.7 Å². The van der Waals surface area contributed by atoms with Gasteiger partial charge in [0.15, 0.2) is 0 Å². The van der Waals surface area contributed by atoms with Gasteiger partial charge in [0.1, 0.15) is 0 Å². The van der Waals surface area contributed by atoms with Gasteiger partial charge in [-0.15, -0.1) is 0 Å². The molecule has 1 unspecified atom stereocenters. The van der Waals surface area contributed by atoms with Crippen LogP contribution >= 0.6 is 0 Å². The highest BCUT2D eigenvalue weighted by atomic mass is 15.4. The minimum atomic E-state index is 0.767. The highest BCUT2D eigenvalue weighted by Crippen LogP contribution is 2.22. The van der Waals surface area contributed by atoms with Crippen molar-refractivity contribution < 1.29 is 0 Å². The van der Waals surface area contributed by atoms with E-state index in [4.69, 9.17) is 0 Å². The second-order valence-electron chi connectivity index (χ2n) is 7.90. The van der Waals surface area contributed by atoms with Crippen molar-refractivity contribution in [2.75, 3.05) is 64.3 Å². The molecule has 4 rings (SSSR count). The van der Waals surface area contributed by atoms with Crippen molar-refractivity contribution in [1.82, 2.24) is 24.7 Å². The van der Waals surface area contributed by atoms with Crippen molar-refractivity contribution in [3.8, 4) is 0 Å². The highest BCUT2D eigenvalue weighted by molar-refractivity contribution is 5.29. The Morgan fingerprint density at radius 3 is 2.48 bits per heavy atom. The van der Waals surface area contributed by atoms with Gasteiger partial charge in [0.25, 0.3) is 0 Å². The van der Waals surface area contributed by atoms with E-state index in [0.29, 0.717) is 0 Å². The zero-order chi connectivity index (χ0) is 17.1. The molecule has 0 N–H and O–H groups in total. The van der Waals surface area contributed by atoms with Crippen molar-refractivity contribution in [1.29, 1.82) is 0 Å². The molecule has 6 heteroatoms. The lowest BCUT2D eigenvalue weighted by Gasteiger charge is -2.48. The van der Waals surface area contributed by atoms with Crippen LogP contribution in [0.5, 0.6) is 0 Å². The minimum Gasteiger partial charge on any atom is -0.338 e. The molecule has 0 amide bonds. The van der Waals surface area contributed by atoms with E-state index >= 15 is 0 Å². The van der Waals surface area contributed by atoms with Crippen LogP contribution in [0.25, 0.3) is 0 Å². The normalized spacial score (nSPS) is 27.4. The van der Waals surface area contributed by atoms with E-state index in [1.807, 2.05) is 18.5 Å². The first kappa shape index (κ1) is 17.2. The Morgan fingerprint density at radius 1 is 1.00 bits per heavy atom. The molecule has 0 aromatic carbocycles.